The van der Waals surface area contributed by atoms with Crippen molar-refractivity contribution in [3.8, 4) is 5.75 Å². The number of ether oxygens (including phenoxy) is 2. The molecule has 9 nitrogen and oxygen atoms in total. The lowest BCUT2D eigenvalue weighted by molar-refractivity contribution is -0.118. The zero-order chi connectivity index (χ0) is 25.2. The molecule has 1 aliphatic rings. The quantitative estimate of drug-likeness (QED) is 0.380. The summed E-state index contributed by atoms with van der Waals surface area (Å²) in [6, 6.07) is 15.5. The molecule has 0 atom stereocenters. The number of anilines is 2. The average Bonchev–Trinajstić information content (AvgIpc) is 2.81. The first kappa shape index (κ1) is 24.0. The third kappa shape index (κ3) is 5.49. The number of aryl methyl sites for hydroxylation is 2. The van der Waals surface area contributed by atoms with Crippen LogP contribution in [0.1, 0.15) is 31.8 Å². The van der Waals surface area contributed by atoms with Crippen LogP contribution in [0.15, 0.2) is 65.6 Å². The number of carbonyl (C=O) groups excluding carboxylic acids is 3. The molecule has 2 N–H and O–H groups in total. The summed E-state index contributed by atoms with van der Waals surface area (Å²) < 4.78 is 38.8. The molecule has 0 bridgehead atoms. The van der Waals surface area contributed by atoms with E-state index in [0.29, 0.717) is 22.7 Å². The Balaban J connectivity index is 1.46. The van der Waals surface area contributed by atoms with Gasteiger partial charge in [-0.05, 0) is 67.4 Å². The number of amides is 1. The van der Waals surface area contributed by atoms with Gasteiger partial charge in [0.2, 0.25) is 0 Å². The highest BCUT2D eigenvalue weighted by molar-refractivity contribution is 7.92. The zero-order valence-electron chi connectivity index (χ0n) is 19.0. The molecule has 0 saturated heterocycles. The molecule has 0 aliphatic carbocycles. The molecule has 35 heavy (non-hydrogen) atoms. The fraction of sp³-hybridized carbons (Fsp3) is 0.160. The maximum Gasteiger partial charge on any atom is 0.338 e. The average molecular weight is 495 g/mol. The van der Waals surface area contributed by atoms with E-state index in [-0.39, 0.29) is 28.5 Å². The summed E-state index contributed by atoms with van der Waals surface area (Å²) in [5, 5.41) is 2.61. The van der Waals surface area contributed by atoms with Crippen molar-refractivity contribution in [3.05, 3.63) is 82.9 Å². The molecule has 0 saturated carbocycles. The first-order valence-electron chi connectivity index (χ1n) is 10.6. The van der Waals surface area contributed by atoms with Crippen LogP contribution in [-0.4, -0.2) is 39.3 Å². The molecule has 3 aromatic carbocycles. The van der Waals surface area contributed by atoms with Crippen molar-refractivity contribution in [2.24, 2.45) is 0 Å². The van der Waals surface area contributed by atoms with Crippen LogP contribution >= 0.6 is 0 Å². The van der Waals surface area contributed by atoms with E-state index in [1.54, 1.807) is 31.2 Å². The number of sulfonamides is 1. The van der Waals surface area contributed by atoms with Gasteiger partial charge in [0.05, 0.1) is 16.1 Å². The lowest BCUT2D eigenvalue weighted by Gasteiger charge is -2.18. The first-order valence-corrected chi connectivity index (χ1v) is 12.1. The van der Waals surface area contributed by atoms with Crippen LogP contribution < -0.4 is 14.8 Å². The maximum atomic E-state index is 12.9. The third-order valence-corrected chi connectivity index (χ3v) is 6.78. The van der Waals surface area contributed by atoms with Crippen molar-refractivity contribution < 1.29 is 32.3 Å². The Morgan fingerprint density at radius 2 is 1.80 bits per heavy atom. The van der Waals surface area contributed by atoms with Crippen molar-refractivity contribution >= 4 is 39.1 Å². The predicted molar refractivity (Wildman–Crippen MR) is 128 cm³/mol. The minimum atomic E-state index is -3.98. The Bertz CT molecular complexity index is 1450. The summed E-state index contributed by atoms with van der Waals surface area (Å²) in [4.78, 5) is 36.5. The summed E-state index contributed by atoms with van der Waals surface area (Å²) >= 11 is 0. The number of esters is 1. The molecule has 0 radical (unpaired) electrons. The number of nitrogens with one attached hydrogen (secondary N) is 2. The van der Waals surface area contributed by atoms with Gasteiger partial charge in [-0.1, -0.05) is 18.2 Å². The Morgan fingerprint density at radius 1 is 1.03 bits per heavy atom. The standard InChI is InChI=1S/C25H22N2O7S/c1-15-4-3-5-19(10-15)27-35(31,32)23-12-18(7-6-16(23)2)25(30)34-13-21(28)17-8-9-22-20(11-17)26-24(29)14-33-22/h3-12,27H,13-14H2,1-2H3,(H,26,29). The number of rotatable bonds is 7. The van der Waals surface area contributed by atoms with E-state index in [1.165, 1.54) is 30.3 Å². The highest BCUT2D eigenvalue weighted by atomic mass is 32.2. The molecule has 10 heteroatoms. The lowest BCUT2D eigenvalue weighted by Crippen LogP contribution is -2.25. The molecular weight excluding hydrogens is 472 g/mol. The number of hydrogen-bond acceptors (Lipinski definition) is 7. The van der Waals surface area contributed by atoms with Crippen LogP contribution in [-0.2, 0) is 19.6 Å². The van der Waals surface area contributed by atoms with Gasteiger partial charge in [0, 0.05) is 11.3 Å². The fourth-order valence-electron chi connectivity index (χ4n) is 3.49. The normalized spacial score (nSPS) is 12.7. The largest absolute Gasteiger partial charge is 0.482 e. The monoisotopic (exact) mass is 494 g/mol. The molecule has 1 amide bonds. The molecule has 0 fully saturated rings. The van der Waals surface area contributed by atoms with E-state index in [1.807, 2.05) is 13.0 Å². The minimum absolute atomic E-state index is 0.0147. The van der Waals surface area contributed by atoms with Crippen molar-refractivity contribution in [1.82, 2.24) is 0 Å². The number of fused-ring (bicyclic) bond motifs is 1. The van der Waals surface area contributed by atoms with E-state index in [4.69, 9.17) is 9.47 Å². The van der Waals surface area contributed by atoms with Gasteiger partial charge >= 0.3 is 5.97 Å². The van der Waals surface area contributed by atoms with Crippen molar-refractivity contribution in [3.63, 3.8) is 0 Å². The van der Waals surface area contributed by atoms with Crippen LogP contribution in [0, 0.1) is 13.8 Å². The number of Topliss-reactive ketones (excluding diaryl/α,β-unsaturated/α-hetero) is 1. The molecule has 3 aromatic rings. The summed E-state index contributed by atoms with van der Waals surface area (Å²) in [7, 11) is -3.98. The van der Waals surface area contributed by atoms with Gasteiger partial charge in [-0.2, -0.15) is 0 Å². The summed E-state index contributed by atoms with van der Waals surface area (Å²) in [6.07, 6.45) is 0. The van der Waals surface area contributed by atoms with Crippen molar-refractivity contribution in [2.45, 2.75) is 18.7 Å². The van der Waals surface area contributed by atoms with Gasteiger partial charge in [0.1, 0.15) is 5.75 Å². The Labute approximate surface area is 202 Å². The van der Waals surface area contributed by atoms with Crippen LogP contribution in [0.4, 0.5) is 11.4 Å². The van der Waals surface area contributed by atoms with E-state index < -0.39 is 28.4 Å². The van der Waals surface area contributed by atoms with E-state index >= 15 is 0 Å². The molecule has 0 unspecified atom stereocenters. The first-order chi connectivity index (χ1) is 16.6. The van der Waals surface area contributed by atoms with E-state index in [0.717, 1.165) is 5.56 Å². The van der Waals surface area contributed by atoms with Crippen molar-refractivity contribution in [1.29, 1.82) is 0 Å². The number of hydrogen-bond donors (Lipinski definition) is 2. The highest BCUT2D eigenvalue weighted by Crippen LogP contribution is 2.28. The summed E-state index contributed by atoms with van der Waals surface area (Å²) in [6.45, 7) is 2.79. The van der Waals surface area contributed by atoms with Gasteiger partial charge < -0.3 is 14.8 Å². The van der Waals surface area contributed by atoms with Gasteiger partial charge in [0.15, 0.2) is 19.0 Å². The molecule has 1 heterocycles. The second-order valence-electron chi connectivity index (χ2n) is 8.00. The van der Waals surface area contributed by atoms with Gasteiger partial charge in [0.25, 0.3) is 15.9 Å². The highest BCUT2D eigenvalue weighted by Gasteiger charge is 2.22. The molecule has 0 spiro atoms. The SMILES string of the molecule is Cc1cccc(NS(=O)(=O)c2cc(C(=O)OCC(=O)c3ccc4c(c3)NC(=O)CO4)ccc2C)c1. The number of benzene rings is 3. The Kier molecular flexibility index (Phi) is 6.57. The molecule has 180 valence electrons. The zero-order valence-corrected chi connectivity index (χ0v) is 19.8. The molecule has 4 rings (SSSR count). The van der Waals surface area contributed by atoms with Crippen LogP contribution in [0.3, 0.4) is 0 Å². The van der Waals surface area contributed by atoms with E-state index in [9.17, 15) is 22.8 Å². The van der Waals surface area contributed by atoms with Gasteiger partial charge in [-0.25, -0.2) is 13.2 Å². The van der Waals surface area contributed by atoms with Crippen molar-refractivity contribution in [2.75, 3.05) is 23.3 Å². The topological polar surface area (TPSA) is 128 Å². The molecule has 0 aromatic heterocycles. The summed E-state index contributed by atoms with van der Waals surface area (Å²) in [5.74, 6) is -1.25. The smallest absolute Gasteiger partial charge is 0.338 e. The fourth-order valence-corrected chi connectivity index (χ4v) is 4.81. The van der Waals surface area contributed by atoms with Gasteiger partial charge in [-0.15, -0.1) is 0 Å². The minimum Gasteiger partial charge on any atom is -0.482 e. The number of ketones is 1. The number of carbonyl (C=O) groups is 3. The second-order valence-corrected chi connectivity index (χ2v) is 9.65. The second kappa shape index (κ2) is 9.59. The van der Waals surface area contributed by atoms with Crippen LogP contribution in [0.2, 0.25) is 0 Å². The maximum absolute atomic E-state index is 12.9. The lowest BCUT2D eigenvalue weighted by atomic mass is 10.1. The summed E-state index contributed by atoms with van der Waals surface area (Å²) in [5.41, 5.74) is 2.28. The molecule has 1 aliphatic heterocycles. The predicted octanol–water partition coefficient (Wildman–Crippen LogP) is 3.47. The Morgan fingerprint density at radius 3 is 2.57 bits per heavy atom. The van der Waals surface area contributed by atoms with E-state index in [2.05, 4.69) is 10.0 Å². The third-order valence-electron chi connectivity index (χ3n) is 5.25. The van der Waals surface area contributed by atoms with Crippen LogP contribution in [0.5, 0.6) is 5.75 Å². The van der Waals surface area contributed by atoms with Gasteiger partial charge in [-0.3, -0.25) is 14.3 Å². The van der Waals surface area contributed by atoms with Crippen LogP contribution in [0.25, 0.3) is 0 Å². The Hall–Kier alpha value is -4.18. The molecular formula is C25H22N2O7S.